The van der Waals surface area contributed by atoms with Gasteiger partial charge in [0.25, 0.3) is 0 Å². The van der Waals surface area contributed by atoms with Crippen molar-refractivity contribution in [2.24, 2.45) is 0 Å². The number of pyridine rings is 1. The highest BCUT2D eigenvalue weighted by atomic mass is 79.9. The van der Waals surface area contributed by atoms with Crippen molar-refractivity contribution in [3.8, 4) is 0 Å². The summed E-state index contributed by atoms with van der Waals surface area (Å²) in [5, 5.41) is 2.97. The van der Waals surface area contributed by atoms with Gasteiger partial charge in [0.05, 0.1) is 11.4 Å². The van der Waals surface area contributed by atoms with Crippen molar-refractivity contribution >= 4 is 27.4 Å². The Morgan fingerprint density at radius 2 is 1.94 bits per heavy atom. The molecule has 1 heterocycles. The van der Waals surface area contributed by atoms with Crippen LogP contribution in [-0.4, -0.2) is 4.98 Å². The SMILES string of the molecule is Cc1ccc(F)c(Nc2ccc(Br)c(C)n2)c1. The quantitative estimate of drug-likeness (QED) is 0.891. The third kappa shape index (κ3) is 2.82. The van der Waals surface area contributed by atoms with E-state index in [-0.39, 0.29) is 5.82 Å². The maximum Gasteiger partial charge on any atom is 0.146 e. The average molecular weight is 295 g/mol. The molecule has 2 nitrogen and oxygen atoms in total. The first kappa shape index (κ1) is 12.0. The summed E-state index contributed by atoms with van der Waals surface area (Å²) >= 11 is 3.38. The molecule has 1 aromatic carbocycles. The number of rotatable bonds is 2. The van der Waals surface area contributed by atoms with Crippen LogP contribution in [0.5, 0.6) is 0 Å². The molecule has 2 rings (SSSR count). The van der Waals surface area contributed by atoms with Gasteiger partial charge in [-0.05, 0) is 59.6 Å². The van der Waals surface area contributed by atoms with E-state index in [2.05, 4.69) is 26.2 Å². The van der Waals surface area contributed by atoms with Crippen LogP contribution in [0.1, 0.15) is 11.3 Å². The fourth-order valence-electron chi connectivity index (χ4n) is 1.49. The molecule has 17 heavy (non-hydrogen) atoms. The normalized spacial score (nSPS) is 10.4. The number of benzene rings is 1. The lowest BCUT2D eigenvalue weighted by molar-refractivity contribution is 0.631. The molecular weight excluding hydrogens is 283 g/mol. The van der Waals surface area contributed by atoms with Gasteiger partial charge in [-0.15, -0.1) is 0 Å². The topological polar surface area (TPSA) is 24.9 Å². The number of halogens is 2. The Morgan fingerprint density at radius 3 is 2.65 bits per heavy atom. The van der Waals surface area contributed by atoms with Crippen LogP contribution in [0.4, 0.5) is 15.9 Å². The zero-order valence-corrected chi connectivity index (χ0v) is 11.2. The van der Waals surface area contributed by atoms with Gasteiger partial charge in [-0.2, -0.15) is 0 Å². The summed E-state index contributed by atoms with van der Waals surface area (Å²) in [7, 11) is 0. The van der Waals surface area contributed by atoms with E-state index in [1.54, 1.807) is 18.2 Å². The van der Waals surface area contributed by atoms with Crippen LogP contribution < -0.4 is 5.32 Å². The largest absolute Gasteiger partial charge is 0.338 e. The summed E-state index contributed by atoms with van der Waals surface area (Å²) < 4.78 is 14.5. The summed E-state index contributed by atoms with van der Waals surface area (Å²) in [6, 6.07) is 8.63. The van der Waals surface area contributed by atoms with Gasteiger partial charge in [0.1, 0.15) is 11.6 Å². The van der Waals surface area contributed by atoms with Crippen molar-refractivity contribution in [2.45, 2.75) is 13.8 Å². The van der Waals surface area contributed by atoms with Crippen LogP contribution >= 0.6 is 15.9 Å². The van der Waals surface area contributed by atoms with E-state index >= 15 is 0 Å². The van der Waals surface area contributed by atoms with Gasteiger partial charge in [0, 0.05) is 4.47 Å². The van der Waals surface area contributed by atoms with Crippen molar-refractivity contribution in [1.82, 2.24) is 4.98 Å². The zero-order valence-electron chi connectivity index (χ0n) is 9.59. The van der Waals surface area contributed by atoms with Crippen LogP contribution in [0.15, 0.2) is 34.8 Å². The molecule has 1 N–H and O–H groups in total. The van der Waals surface area contributed by atoms with Crippen LogP contribution in [0.2, 0.25) is 0 Å². The van der Waals surface area contributed by atoms with Gasteiger partial charge >= 0.3 is 0 Å². The molecule has 0 spiro atoms. The monoisotopic (exact) mass is 294 g/mol. The molecule has 88 valence electrons. The van der Waals surface area contributed by atoms with Gasteiger partial charge in [0.15, 0.2) is 0 Å². The molecule has 0 fully saturated rings. The summed E-state index contributed by atoms with van der Waals surface area (Å²) in [6.07, 6.45) is 0. The number of nitrogens with zero attached hydrogens (tertiary/aromatic N) is 1. The van der Waals surface area contributed by atoms with Gasteiger partial charge in [0.2, 0.25) is 0 Å². The van der Waals surface area contributed by atoms with Crippen molar-refractivity contribution in [1.29, 1.82) is 0 Å². The van der Waals surface area contributed by atoms with E-state index in [0.717, 1.165) is 15.7 Å². The number of hydrogen-bond acceptors (Lipinski definition) is 2. The smallest absolute Gasteiger partial charge is 0.146 e. The fraction of sp³-hybridized carbons (Fsp3) is 0.154. The lowest BCUT2D eigenvalue weighted by atomic mass is 10.2. The summed E-state index contributed by atoms with van der Waals surface area (Å²) in [5.41, 5.74) is 2.31. The number of aromatic nitrogens is 1. The molecular formula is C13H12BrFN2. The minimum atomic E-state index is -0.280. The van der Waals surface area contributed by atoms with E-state index in [1.807, 2.05) is 19.9 Å². The number of nitrogens with one attached hydrogen (secondary N) is 1. The first-order chi connectivity index (χ1) is 8.06. The van der Waals surface area contributed by atoms with E-state index in [4.69, 9.17) is 0 Å². The maximum atomic E-state index is 13.5. The Bertz CT molecular complexity index is 555. The lowest BCUT2D eigenvalue weighted by Gasteiger charge is -2.08. The lowest BCUT2D eigenvalue weighted by Crippen LogP contribution is -1.98. The Balaban J connectivity index is 2.31. The Labute approximate surface area is 108 Å². The molecule has 0 atom stereocenters. The second-order valence-electron chi connectivity index (χ2n) is 3.87. The summed E-state index contributed by atoms with van der Waals surface area (Å²) in [5.74, 6) is 0.355. The summed E-state index contributed by atoms with van der Waals surface area (Å²) in [4.78, 5) is 4.31. The minimum Gasteiger partial charge on any atom is -0.338 e. The minimum absolute atomic E-state index is 0.280. The van der Waals surface area contributed by atoms with Gasteiger partial charge in [-0.3, -0.25) is 0 Å². The van der Waals surface area contributed by atoms with Gasteiger partial charge in [-0.1, -0.05) is 6.07 Å². The molecule has 4 heteroatoms. The zero-order chi connectivity index (χ0) is 12.4. The predicted octanol–water partition coefficient (Wildman–Crippen LogP) is 4.34. The first-order valence-electron chi connectivity index (χ1n) is 5.22. The van der Waals surface area contributed by atoms with Crippen LogP contribution in [0, 0.1) is 19.7 Å². The highest BCUT2D eigenvalue weighted by Gasteiger charge is 2.04. The highest BCUT2D eigenvalue weighted by molar-refractivity contribution is 9.10. The summed E-state index contributed by atoms with van der Waals surface area (Å²) in [6.45, 7) is 3.81. The van der Waals surface area contributed by atoms with Crippen molar-refractivity contribution < 1.29 is 4.39 Å². The number of anilines is 2. The standard InChI is InChI=1S/C13H12BrFN2/c1-8-3-5-11(15)12(7-8)17-13-6-4-10(14)9(2)16-13/h3-7H,1-2H3,(H,16,17). The van der Waals surface area contributed by atoms with E-state index in [9.17, 15) is 4.39 Å². The van der Waals surface area contributed by atoms with E-state index in [1.165, 1.54) is 6.07 Å². The fourth-order valence-corrected chi connectivity index (χ4v) is 1.71. The number of aryl methyl sites for hydroxylation is 2. The average Bonchev–Trinajstić information content (AvgIpc) is 2.29. The molecule has 0 saturated heterocycles. The van der Waals surface area contributed by atoms with Crippen LogP contribution in [-0.2, 0) is 0 Å². The van der Waals surface area contributed by atoms with Crippen molar-refractivity contribution in [3.63, 3.8) is 0 Å². The Morgan fingerprint density at radius 1 is 1.18 bits per heavy atom. The van der Waals surface area contributed by atoms with E-state index < -0.39 is 0 Å². The molecule has 0 aliphatic rings. The second kappa shape index (κ2) is 4.84. The Kier molecular flexibility index (Phi) is 3.43. The molecule has 0 radical (unpaired) electrons. The number of hydrogen-bond donors (Lipinski definition) is 1. The van der Waals surface area contributed by atoms with E-state index in [0.29, 0.717) is 11.5 Å². The molecule has 0 saturated carbocycles. The molecule has 0 unspecified atom stereocenters. The molecule has 0 amide bonds. The first-order valence-corrected chi connectivity index (χ1v) is 6.02. The van der Waals surface area contributed by atoms with Crippen molar-refractivity contribution in [3.05, 3.63) is 51.9 Å². The predicted molar refractivity (Wildman–Crippen MR) is 71.1 cm³/mol. The molecule has 1 aromatic heterocycles. The van der Waals surface area contributed by atoms with Crippen molar-refractivity contribution in [2.75, 3.05) is 5.32 Å². The van der Waals surface area contributed by atoms with Gasteiger partial charge < -0.3 is 5.32 Å². The highest BCUT2D eigenvalue weighted by Crippen LogP contribution is 2.22. The maximum absolute atomic E-state index is 13.5. The molecule has 2 aromatic rings. The third-order valence-corrected chi connectivity index (χ3v) is 3.24. The second-order valence-corrected chi connectivity index (χ2v) is 4.73. The third-order valence-electron chi connectivity index (χ3n) is 2.41. The molecule has 0 aliphatic heterocycles. The van der Waals surface area contributed by atoms with Gasteiger partial charge in [-0.25, -0.2) is 9.37 Å². The van der Waals surface area contributed by atoms with Crippen LogP contribution in [0.3, 0.4) is 0 Å². The molecule has 0 aliphatic carbocycles. The molecule has 0 bridgehead atoms. The Hall–Kier alpha value is -1.42. The van der Waals surface area contributed by atoms with Crippen LogP contribution in [0.25, 0.3) is 0 Å².